The van der Waals surface area contributed by atoms with Gasteiger partial charge < -0.3 is 15.0 Å². The second-order valence-corrected chi connectivity index (χ2v) is 6.36. The van der Waals surface area contributed by atoms with E-state index in [1.165, 1.54) is 17.9 Å². The third-order valence-corrected chi connectivity index (χ3v) is 4.39. The van der Waals surface area contributed by atoms with Crippen molar-refractivity contribution >= 4 is 23.4 Å². The number of carbonyl (C=O) groups excluding carboxylic acids is 2. The molecule has 2 aliphatic rings. The molecular weight excluding hydrogens is 343 g/mol. The molecule has 3 rings (SSSR count). The number of hydrogen-bond acceptors (Lipinski definition) is 6. The normalized spacial score (nSPS) is 21.5. The summed E-state index contributed by atoms with van der Waals surface area (Å²) in [4.78, 5) is 31.8. The van der Waals surface area contributed by atoms with E-state index in [2.05, 4.69) is 5.32 Å². The minimum atomic E-state index is -0.544. The van der Waals surface area contributed by atoms with Gasteiger partial charge in [-0.05, 0) is 18.2 Å². The summed E-state index contributed by atoms with van der Waals surface area (Å²) in [6.07, 6.45) is -0.996. The molecule has 2 fully saturated rings. The Kier molecular flexibility index (Phi) is 5.58. The molecule has 2 amide bonds. The van der Waals surface area contributed by atoms with E-state index in [9.17, 15) is 14.0 Å². The van der Waals surface area contributed by atoms with E-state index in [1.807, 2.05) is 11.9 Å². The molecule has 1 aromatic rings. The number of hydroxylamine groups is 2. The first-order chi connectivity index (χ1) is 12.4. The van der Waals surface area contributed by atoms with E-state index in [0.717, 1.165) is 0 Å². The van der Waals surface area contributed by atoms with Gasteiger partial charge in [0.1, 0.15) is 11.9 Å². The van der Waals surface area contributed by atoms with Crippen molar-refractivity contribution in [3.05, 3.63) is 24.0 Å². The molecule has 2 aliphatic heterocycles. The van der Waals surface area contributed by atoms with Gasteiger partial charge in [-0.3, -0.25) is 14.5 Å². The Labute approximate surface area is 151 Å². The minimum Gasteiger partial charge on any atom is -0.442 e. The molecule has 8 nitrogen and oxygen atoms in total. The number of halogens is 1. The van der Waals surface area contributed by atoms with Crippen LogP contribution in [0.4, 0.5) is 20.6 Å². The predicted octanol–water partition coefficient (Wildman–Crippen LogP) is 0.970. The zero-order valence-electron chi connectivity index (χ0n) is 14.9. The topological polar surface area (TPSA) is 74.4 Å². The largest absolute Gasteiger partial charge is 0.442 e. The van der Waals surface area contributed by atoms with Crippen molar-refractivity contribution < 1.29 is 23.6 Å². The van der Waals surface area contributed by atoms with Crippen LogP contribution in [-0.4, -0.2) is 69.5 Å². The highest BCUT2D eigenvalue weighted by Gasteiger charge is 2.33. The van der Waals surface area contributed by atoms with Crippen LogP contribution in [0.25, 0.3) is 0 Å². The zero-order chi connectivity index (χ0) is 18.7. The highest BCUT2D eigenvalue weighted by molar-refractivity contribution is 5.90. The van der Waals surface area contributed by atoms with Crippen LogP contribution >= 0.6 is 0 Å². The highest BCUT2D eigenvalue weighted by Crippen LogP contribution is 2.28. The Hall–Kier alpha value is -2.39. The maximum Gasteiger partial charge on any atom is 0.414 e. The lowest BCUT2D eigenvalue weighted by Gasteiger charge is -2.23. The molecule has 0 unspecified atom stereocenters. The Bertz CT molecular complexity index is 687. The van der Waals surface area contributed by atoms with Crippen LogP contribution in [0.1, 0.15) is 6.92 Å². The van der Waals surface area contributed by atoms with Crippen molar-refractivity contribution in [1.29, 1.82) is 0 Å². The number of nitrogens with zero attached hydrogens (tertiary/aromatic N) is 3. The molecule has 9 heteroatoms. The lowest BCUT2D eigenvalue weighted by atomic mass is 10.2. The molecule has 26 heavy (non-hydrogen) atoms. The molecule has 0 aliphatic carbocycles. The highest BCUT2D eigenvalue weighted by atomic mass is 19.1. The van der Waals surface area contributed by atoms with Gasteiger partial charge in [0.25, 0.3) is 0 Å². The van der Waals surface area contributed by atoms with E-state index >= 15 is 0 Å². The molecule has 1 aromatic carbocycles. The molecule has 2 saturated heterocycles. The number of cyclic esters (lactones) is 1. The number of rotatable bonds is 4. The summed E-state index contributed by atoms with van der Waals surface area (Å²) in [5, 5.41) is 4.35. The monoisotopic (exact) mass is 366 g/mol. The van der Waals surface area contributed by atoms with Crippen LogP contribution in [-0.2, 0) is 14.4 Å². The van der Waals surface area contributed by atoms with E-state index in [-0.39, 0.29) is 19.0 Å². The number of benzene rings is 1. The van der Waals surface area contributed by atoms with E-state index in [4.69, 9.17) is 9.57 Å². The van der Waals surface area contributed by atoms with Gasteiger partial charge in [-0.2, -0.15) is 5.06 Å². The predicted molar refractivity (Wildman–Crippen MR) is 93.5 cm³/mol. The SMILES string of the molecule is CC(=O)NC[C@H]1CN(c2ccc(N3CCON(C)CC3)c(F)c2)C(=O)O1. The molecular formula is C17H23FN4O4. The first-order valence-corrected chi connectivity index (χ1v) is 8.55. The number of hydrogen-bond donors (Lipinski definition) is 1. The van der Waals surface area contributed by atoms with Gasteiger partial charge in [-0.1, -0.05) is 0 Å². The molecule has 0 aromatic heterocycles. The van der Waals surface area contributed by atoms with Gasteiger partial charge >= 0.3 is 6.09 Å². The molecule has 0 spiro atoms. The smallest absolute Gasteiger partial charge is 0.414 e. The van der Waals surface area contributed by atoms with Crippen LogP contribution in [0.5, 0.6) is 0 Å². The number of anilines is 2. The van der Waals surface area contributed by atoms with Gasteiger partial charge in [0.15, 0.2) is 0 Å². The van der Waals surface area contributed by atoms with E-state index in [0.29, 0.717) is 37.6 Å². The number of ether oxygens (including phenoxy) is 1. The molecule has 1 atom stereocenters. The van der Waals surface area contributed by atoms with Gasteiger partial charge in [-0.15, -0.1) is 0 Å². The van der Waals surface area contributed by atoms with Crippen molar-refractivity contribution in [2.75, 3.05) is 56.2 Å². The van der Waals surface area contributed by atoms with Crippen molar-refractivity contribution in [2.45, 2.75) is 13.0 Å². The van der Waals surface area contributed by atoms with Crippen molar-refractivity contribution in [3.8, 4) is 0 Å². The van der Waals surface area contributed by atoms with E-state index in [1.54, 1.807) is 17.2 Å². The fourth-order valence-corrected chi connectivity index (χ4v) is 3.00. The Morgan fingerprint density at radius 2 is 2.15 bits per heavy atom. The molecule has 2 heterocycles. The Balaban J connectivity index is 1.69. The fourth-order valence-electron chi connectivity index (χ4n) is 3.00. The molecule has 0 radical (unpaired) electrons. The summed E-state index contributed by atoms with van der Waals surface area (Å²) >= 11 is 0. The average molecular weight is 366 g/mol. The lowest BCUT2D eigenvalue weighted by Crippen LogP contribution is -2.33. The van der Waals surface area contributed by atoms with Gasteiger partial charge in [0.05, 0.1) is 31.1 Å². The summed E-state index contributed by atoms with van der Waals surface area (Å²) in [7, 11) is 1.85. The first-order valence-electron chi connectivity index (χ1n) is 8.55. The maximum absolute atomic E-state index is 14.7. The lowest BCUT2D eigenvalue weighted by molar-refractivity contribution is -0.126. The average Bonchev–Trinajstić information content (AvgIpc) is 2.83. The Morgan fingerprint density at radius 3 is 2.88 bits per heavy atom. The molecule has 0 bridgehead atoms. The quantitative estimate of drug-likeness (QED) is 0.856. The third kappa shape index (κ3) is 4.23. The minimum absolute atomic E-state index is 0.193. The zero-order valence-corrected chi connectivity index (χ0v) is 14.9. The summed E-state index contributed by atoms with van der Waals surface area (Å²) < 4.78 is 19.9. The first kappa shape index (κ1) is 18.4. The second kappa shape index (κ2) is 7.88. The Morgan fingerprint density at radius 1 is 1.35 bits per heavy atom. The van der Waals surface area contributed by atoms with Crippen LogP contribution in [0.3, 0.4) is 0 Å². The van der Waals surface area contributed by atoms with E-state index < -0.39 is 18.0 Å². The number of likely N-dealkylation sites (N-methyl/N-ethyl adjacent to an activating group) is 1. The van der Waals surface area contributed by atoms with Crippen LogP contribution in [0.2, 0.25) is 0 Å². The van der Waals surface area contributed by atoms with Gasteiger partial charge in [-0.25, -0.2) is 9.18 Å². The third-order valence-electron chi connectivity index (χ3n) is 4.39. The van der Waals surface area contributed by atoms with Crippen molar-refractivity contribution in [2.24, 2.45) is 0 Å². The van der Waals surface area contributed by atoms with Crippen LogP contribution in [0, 0.1) is 5.82 Å². The summed E-state index contributed by atoms with van der Waals surface area (Å²) in [5.74, 6) is -0.591. The van der Waals surface area contributed by atoms with Crippen LogP contribution in [0.15, 0.2) is 18.2 Å². The molecule has 0 saturated carbocycles. The van der Waals surface area contributed by atoms with Gasteiger partial charge in [0.2, 0.25) is 5.91 Å². The summed E-state index contributed by atoms with van der Waals surface area (Å²) in [5.41, 5.74) is 0.916. The number of amides is 2. The number of nitrogens with one attached hydrogen (secondary N) is 1. The summed E-state index contributed by atoms with van der Waals surface area (Å²) in [6.45, 7) is 4.29. The maximum atomic E-state index is 14.7. The molecule has 1 N–H and O–H groups in total. The van der Waals surface area contributed by atoms with Crippen molar-refractivity contribution in [1.82, 2.24) is 10.4 Å². The second-order valence-electron chi connectivity index (χ2n) is 6.36. The fraction of sp³-hybridized carbons (Fsp3) is 0.529. The standard InChI is InChI=1S/C17H23FN4O4/c1-12(23)19-10-14-11-22(17(24)26-14)13-3-4-16(15(18)9-13)21-6-5-20(2)25-8-7-21/h3-4,9,14H,5-8,10-11H2,1-2H3,(H,19,23)/t14-/m0/s1. The van der Waals surface area contributed by atoms with Crippen LogP contribution < -0.4 is 15.1 Å². The molecule has 142 valence electrons. The van der Waals surface area contributed by atoms with Gasteiger partial charge in [0, 0.05) is 33.6 Å². The van der Waals surface area contributed by atoms with Crippen molar-refractivity contribution in [3.63, 3.8) is 0 Å². The summed E-state index contributed by atoms with van der Waals surface area (Å²) in [6, 6.07) is 4.72. The number of carbonyl (C=O) groups is 2.